The van der Waals surface area contributed by atoms with Gasteiger partial charge in [0.15, 0.2) is 0 Å². The highest BCUT2D eigenvalue weighted by Crippen LogP contribution is 2.01. The van der Waals surface area contributed by atoms with Gasteiger partial charge in [-0.2, -0.15) is 0 Å². The quantitative estimate of drug-likeness (QED) is 0.0620. The van der Waals surface area contributed by atoms with Crippen LogP contribution >= 0.6 is 0 Å². The van der Waals surface area contributed by atoms with E-state index in [1.165, 1.54) is 6.92 Å². The molecule has 0 saturated carbocycles. The molecule has 0 bridgehead atoms. The Labute approximate surface area is 298 Å². The maximum absolute atomic E-state index is 10.1. The third kappa shape index (κ3) is 63.2. The summed E-state index contributed by atoms with van der Waals surface area (Å²) >= 11 is 0. The molecule has 0 aliphatic heterocycles. The normalized spacial score (nSPS) is 11.6. The van der Waals surface area contributed by atoms with E-state index >= 15 is 0 Å². The van der Waals surface area contributed by atoms with Gasteiger partial charge < -0.3 is 81.8 Å². The first-order chi connectivity index (χ1) is 23.5. The topological polar surface area (TPSA) is 512 Å². The average molecular weight is 762 g/mol. The minimum Gasteiger partial charge on any atom is -0.480 e. The fraction of sp³-hybridized carbons (Fsp3) is 0.630. The zero-order chi connectivity index (χ0) is 42.7. The Bertz CT molecular complexity index is 1030. The zero-order valence-corrected chi connectivity index (χ0v) is 29.1. The fourth-order valence-electron chi connectivity index (χ4n) is 2.07. The number of nitrogens with one attached hydrogen (secondary N) is 1. The van der Waals surface area contributed by atoms with E-state index < -0.39 is 77.7 Å². The second kappa shape index (κ2) is 36.8. The van der Waals surface area contributed by atoms with Crippen molar-refractivity contribution in [2.45, 2.75) is 89.9 Å². The number of primary amides is 3. The number of hydrogen-bond donors (Lipinski definition) is 15. The first kappa shape index (κ1) is 58.7. The van der Waals surface area contributed by atoms with Crippen molar-refractivity contribution in [1.82, 2.24) is 5.32 Å². The predicted molar refractivity (Wildman–Crippen MR) is 180 cm³/mol. The summed E-state index contributed by atoms with van der Waals surface area (Å²) in [7, 11) is 0. The lowest BCUT2D eigenvalue weighted by Crippen LogP contribution is -2.31. The minimum atomic E-state index is -1.11. The van der Waals surface area contributed by atoms with Crippen molar-refractivity contribution in [3.05, 3.63) is 0 Å². The van der Waals surface area contributed by atoms with Gasteiger partial charge in [0, 0.05) is 26.2 Å². The number of aliphatic carboxylic acids is 6. The molecule has 23 N–H and O–H groups in total. The van der Waals surface area contributed by atoms with Crippen molar-refractivity contribution >= 4 is 59.4 Å². The van der Waals surface area contributed by atoms with E-state index in [2.05, 4.69) is 11.1 Å². The van der Waals surface area contributed by atoms with E-state index in [9.17, 15) is 47.9 Å². The smallest absolute Gasteiger partial charge is 0.322 e. The van der Waals surface area contributed by atoms with Gasteiger partial charge >= 0.3 is 35.8 Å². The standard InChI is InChI=1S/C6H13NO2.3C5H10N2O3.C4H7NO3.C2H5NO2/c1-4(2)3-5(7)6(8)9;3*6-3(5(9)10)1-2-4(7)8;1-3(6)5-2-4(7)8;3-1-2(4)5/h4-5H,3,7H2,1-2H3,(H,8,9);3*3H,1-2,6H2,(H2,7,8)(H,9,10);2H2,1H3,(H,5,6)(H,7,8);1,3H2,(H,4,5)/t5-;3*3-;;/m0000../s1. The van der Waals surface area contributed by atoms with Gasteiger partial charge in [0.2, 0.25) is 23.6 Å². The highest BCUT2D eigenvalue weighted by Gasteiger charge is 2.13. The lowest BCUT2D eigenvalue weighted by atomic mass is 10.1. The molecule has 0 spiro atoms. The van der Waals surface area contributed by atoms with Gasteiger partial charge in [0.25, 0.3) is 0 Å². The minimum absolute atomic E-state index is 0.0213. The lowest BCUT2D eigenvalue weighted by Gasteiger charge is -2.07. The molecule has 52 heavy (non-hydrogen) atoms. The van der Waals surface area contributed by atoms with Crippen LogP contribution in [0.2, 0.25) is 0 Å². The van der Waals surface area contributed by atoms with Crippen LogP contribution in [0.25, 0.3) is 0 Å². The van der Waals surface area contributed by atoms with E-state index in [0.717, 1.165) is 0 Å². The Morgan fingerprint density at radius 2 is 0.769 bits per heavy atom. The molecule has 4 atom stereocenters. The van der Waals surface area contributed by atoms with Crippen LogP contribution in [0.1, 0.15) is 65.7 Å². The average Bonchev–Trinajstić information content (AvgIpc) is 3.01. The van der Waals surface area contributed by atoms with Crippen LogP contribution in [0, 0.1) is 5.92 Å². The molecule has 25 heteroatoms. The molecular formula is C27H55N9O16. The van der Waals surface area contributed by atoms with E-state index in [1.807, 2.05) is 13.8 Å². The van der Waals surface area contributed by atoms with Crippen molar-refractivity contribution in [3.63, 3.8) is 0 Å². The Morgan fingerprint density at radius 1 is 0.519 bits per heavy atom. The molecule has 0 aliphatic rings. The highest BCUT2D eigenvalue weighted by atomic mass is 16.4. The highest BCUT2D eigenvalue weighted by molar-refractivity contribution is 5.79. The Kier molecular flexibility index (Phi) is 41.5. The van der Waals surface area contributed by atoms with Gasteiger partial charge in [0.05, 0.1) is 6.54 Å². The summed E-state index contributed by atoms with van der Waals surface area (Å²) in [6.07, 6.45) is 0.920. The van der Waals surface area contributed by atoms with Gasteiger partial charge in [-0.3, -0.25) is 47.9 Å². The number of carbonyl (C=O) groups is 10. The van der Waals surface area contributed by atoms with Crippen LogP contribution in [0.4, 0.5) is 0 Å². The summed E-state index contributed by atoms with van der Waals surface area (Å²) in [5, 5.41) is 50.6. The van der Waals surface area contributed by atoms with Crippen LogP contribution in [-0.2, 0) is 47.9 Å². The summed E-state index contributed by atoms with van der Waals surface area (Å²) in [6, 6.07) is -3.63. The number of amides is 4. The van der Waals surface area contributed by atoms with E-state index in [4.69, 9.17) is 70.8 Å². The number of carboxylic acid groups (broad SMARTS) is 6. The van der Waals surface area contributed by atoms with Crippen LogP contribution in [-0.4, -0.2) is 127 Å². The van der Waals surface area contributed by atoms with Crippen LogP contribution in [0.5, 0.6) is 0 Å². The number of rotatable bonds is 18. The number of nitrogens with two attached hydrogens (primary N) is 8. The van der Waals surface area contributed by atoms with Crippen molar-refractivity contribution in [2.75, 3.05) is 13.1 Å². The monoisotopic (exact) mass is 761 g/mol. The third-order valence-corrected chi connectivity index (χ3v) is 4.76. The van der Waals surface area contributed by atoms with E-state index in [-0.39, 0.29) is 57.5 Å². The first-order valence-electron chi connectivity index (χ1n) is 14.7. The molecule has 0 saturated heterocycles. The predicted octanol–water partition coefficient (Wildman–Crippen LogP) is -5.33. The number of hydrogen-bond acceptors (Lipinski definition) is 15. The van der Waals surface area contributed by atoms with Crippen molar-refractivity contribution in [3.8, 4) is 0 Å². The van der Waals surface area contributed by atoms with Crippen LogP contribution in [0.15, 0.2) is 0 Å². The summed E-state index contributed by atoms with van der Waals surface area (Å²) in [6.45, 7) is 4.59. The summed E-state index contributed by atoms with van der Waals surface area (Å²) in [5.41, 5.74) is 39.2. The molecule has 0 fully saturated rings. The maximum atomic E-state index is 10.1. The summed E-state index contributed by atoms with van der Waals surface area (Å²) < 4.78 is 0. The summed E-state index contributed by atoms with van der Waals surface area (Å²) in [4.78, 5) is 99.4. The summed E-state index contributed by atoms with van der Waals surface area (Å²) in [5.74, 6) is -7.80. The first-order valence-corrected chi connectivity index (χ1v) is 14.7. The Balaban J connectivity index is -0.000000123. The Morgan fingerprint density at radius 3 is 0.865 bits per heavy atom. The molecule has 0 aromatic carbocycles. The van der Waals surface area contributed by atoms with E-state index in [1.54, 1.807) is 0 Å². The van der Waals surface area contributed by atoms with E-state index in [0.29, 0.717) is 12.3 Å². The second-order valence-corrected chi connectivity index (χ2v) is 10.3. The molecule has 0 radical (unpaired) electrons. The number of carbonyl (C=O) groups excluding carboxylic acids is 4. The van der Waals surface area contributed by atoms with Crippen molar-refractivity contribution in [1.29, 1.82) is 0 Å². The molecule has 0 unspecified atom stereocenters. The second-order valence-electron chi connectivity index (χ2n) is 10.3. The van der Waals surface area contributed by atoms with Gasteiger partial charge in [-0.25, -0.2) is 0 Å². The van der Waals surface area contributed by atoms with Gasteiger partial charge in [-0.15, -0.1) is 0 Å². The molecule has 304 valence electrons. The van der Waals surface area contributed by atoms with Gasteiger partial charge in [-0.05, 0) is 31.6 Å². The molecular weight excluding hydrogens is 706 g/mol. The molecule has 25 nitrogen and oxygen atoms in total. The molecule has 0 aromatic rings. The van der Waals surface area contributed by atoms with Gasteiger partial charge in [0.1, 0.15) is 30.7 Å². The number of carboxylic acids is 6. The molecule has 0 aliphatic carbocycles. The molecule has 4 amide bonds. The van der Waals surface area contributed by atoms with Crippen molar-refractivity contribution < 1.29 is 78.6 Å². The SMILES string of the molecule is CC(=O)NCC(=O)O.CC(C)C[C@H](N)C(=O)O.NC(=O)CC[C@H](N)C(=O)O.NC(=O)CC[C@H](N)C(=O)O.NC(=O)CC[C@H](N)C(=O)O.NCC(=O)O. The molecule has 0 rings (SSSR count). The largest absolute Gasteiger partial charge is 0.480 e. The maximum Gasteiger partial charge on any atom is 0.322 e. The molecule has 0 aromatic heterocycles. The van der Waals surface area contributed by atoms with Gasteiger partial charge in [-0.1, -0.05) is 13.8 Å². The zero-order valence-electron chi connectivity index (χ0n) is 29.1. The Hall–Kier alpha value is -5.50. The molecule has 0 heterocycles. The third-order valence-electron chi connectivity index (χ3n) is 4.76. The van der Waals surface area contributed by atoms with Crippen molar-refractivity contribution in [2.24, 2.45) is 51.8 Å². The fourth-order valence-corrected chi connectivity index (χ4v) is 2.07. The lowest BCUT2D eigenvalue weighted by molar-refractivity contribution is -0.139. The van der Waals surface area contributed by atoms with Crippen LogP contribution < -0.4 is 51.2 Å². The van der Waals surface area contributed by atoms with Crippen LogP contribution in [0.3, 0.4) is 0 Å².